The predicted molar refractivity (Wildman–Crippen MR) is 71.0 cm³/mol. The van der Waals surface area contributed by atoms with Crippen molar-refractivity contribution in [3.63, 3.8) is 0 Å². The van der Waals surface area contributed by atoms with Gasteiger partial charge in [0.05, 0.1) is 12.7 Å². The Morgan fingerprint density at radius 2 is 1.71 bits per heavy atom. The molecule has 3 N–H and O–H groups in total. The highest BCUT2D eigenvalue weighted by molar-refractivity contribution is 4.81. The first-order valence-corrected chi connectivity index (χ1v) is 7.45. The second-order valence-electron chi connectivity index (χ2n) is 5.62. The van der Waals surface area contributed by atoms with Gasteiger partial charge in [0, 0.05) is 12.6 Å². The van der Waals surface area contributed by atoms with Gasteiger partial charge in [0.15, 0.2) is 0 Å². The molecule has 0 heterocycles. The molecule has 17 heavy (non-hydrogen) atoms. The summed E-state index contributed by atoms with van der Waals surface area (Å²) in [4.78, 5) is 0. The summed E-state index contributed by atoms with van der Waals surface area (Å²) >= 11 is 0. The summed E-state index contributed by atoms with van der Waals surface area (Å²) in [5.41, 5.74) is 5.83. The molecule has 2 unspecified atom stereocenters. The monoisotopic (exact) mass is 240 g/mol. The zero-order valence-electron chi connectivity index (χ0n) is 11.0. The molecule has 100 valence electrons. The molecule has 0 aromatic carbocycles. The second kappa shape index (κ2) is 7.34. The van der Waals surface area contributed by atoms with Gasteiger partial charge >= 0.3 is 0 Å². The average Bonchev–Trinajstić information content (AvgIpc) is 2.88. The zero-order valence-corrected chi connectivity index (χ0v) is 11.0. The van der Waals surface area contributed by atoms with Crippen molar-refractivity contribution >= 4 is 0 Å². The largest absolute Gasteiger partial charge is 0.377 e. The van der Waals surface area contributed by atoms with E-state index >= 15 is 0 Å². The van der Waals surface area contributed by atoms with E-state index in [9.17, 15) is 0 Å². The molecule has 0 bridgehead atoms. The molecule has 2 saturated carbocycles. The highest BCUT2D eigenvalue weighted by Gasteiger charge is 2.23. The van der Waals surface area contributed by atoms with Crippen molar-refractivity contribution in [1.82, 2.24) is 5.32 Å². The van der Waals surface area contributed by atoms with E-state index in [1.54, 1.807) is 0 Å². The Labute approximate surface area is 105 Å². The highest BCUT2D eigenvalue weighted by Crippen LogP contribution is 2.23. The summed E-state index contributed by atoms with van der Waals surface area (Å²) in [6.45, 7) is 2.71. The normalized spacial score (nSPS) is 30.9. The van der Waals surface area contributed by atoms with Gasteiger partial charge < -0.3 is 15.8 Å². The van der Waals surface area contributed by atoms with Gasteiger partial charge in [0.1, 0.15) is 0 Å². The lowest BCUT2D eigenvalue weighted by atomic mass is 9.84. The van der Waals surface area contributed by atoms with E-state index in [0.29, 0.717) is 18.1 Å². The fourth-order valence-corrected chi connectivity index (χ4v) is 3.28. The predicted octanol–water partition coefficient (Wildman–Crippen LogP) is 2.05. The van der Waals surface area contributed by atoms with Crippen LogP contribution in [0.5, 0.6) is 0 Å². The Morgan fingerprint density at radius 3 is 2.47 bits per heavy atom. The Kier molecular flexibility index (Phi) is 5.75. The van der Waals surface area contributed by atoms with E-state index in [1.807, 2.05) is 0 Å². The van der Waals surface area contributed by atoms with Crippen LogP contribution in [0.15, 0.2) is 0 Å². The number of hydrogen-bond donors (Lipinski definition) is 2. The standard InChI is InChI=1S/C14H28N2O/c15-11-12-5-1-4-8-14(12)16-9-10-17-13-6-2-3-7-13/h12-14,16H,1-11,15H2. The molecule has 2 rings (SSSR count). The number of rotatable bonds is 6. The number of hydrogen-bond acceptors (Lipinski definition) is 3. The van der Waals surface area contributed by atoms with Crippen LogP contribution in [0.4, 0.5) is 0 Å². The molecule has 3 nitrogen and oxygen atoms in total. The molecule has 0 aliphatic heterocycles. The number of nitrogens with two attached hydrogens (primary N) is 1. The molecule has 0 aromatic rings. The maximum Gasteiger partial charge on any atom is 0.0594 e. The van der Waals surface area contributed by atoms with Crippen LogP contribution in [-0.2, 0) is 4.74 Å². The Morgan fingerprint density at radius 1 is 1.00 bits per heavy atom. The Balaban J connectivity index is 1.56. The molecule has 0 amide bonds. The average molecular weight is 240 g/mol. The molecule has 0 spiro atoms. The molecule has 2 aliphatic carbocycles. The minimum atomic E-state index is 0.550. The molecule has 2 aliphatic rings. The van der Waals surface area contributed by atoms with Crippen molar-refractivity contribution in [2.45, 2.75) is 63.5 Å². The number of nitrogens with one attached hydrogen (secondary N) is 1. The lowest BCUT2D eigenvalue weighted by Gasteiger charge is -2.31. The van der Waals surface area contributed by atoms with E-state index in [-0.39, 0.29) is 0 Å². The van der Waals surface area contributed by atoms with Crippen molar-refractivity contribution in [3.05, 3.63) is 0 Å². The zero-order chi connectivity index (χ0) is 11.9. The number of ether oxygens (including phenoxy) is 1. The van der Waals surface area contributed by atoms with E-state index in [2.05, 4.69) is 5.32 Å². The van der Waals surface area contributed by atoms with E-state index in [4.69, 9.17) is 10.5 Å². The van der Waals surface area contributed by atoms with Gasteiger partial charge in [-0.3, -0.25) is 0 Å². The smallest absolute Gasteiger partial charge is 0.0594 e. The Hall–Kier alpha value is -0.120. The lowest BCUT2D eigenvalue weighted by molar-refractivity contribution is 0.0571. The molecule has 3 heteroatoms. The quantitative estimate of drug-likeness (QED) is 0.699. The maximum atomic E-state index is 5.87. The van der Waals surface area contributed by atoms with Crippen molar-refractivity contribution < 1.29 is 4.74 Å². The summed E-state index contributed by atoms with van der Waals surface area (Å²) in [5.74, 6) is 0.690. The lowest BCUT2D eigenvalue weighted by Crippen LogP contribution is -2.43. The topological polar surface area (TPSA) is 47.3 Å². The van der Waals surface area contributed by atoms with Gasteiger partial charge in [0.2, 0.25) is 0 Å². The summed E-state index contributed by atoms with van der Waals surface area (Å²) in [6.07, 6.45) is 11.1. The van der Waals surface area contributed by atoms with E-state index < -0.39 is 0 Å². The fraction of sp³-hybridized carbons (Fsp3) is 1.00. The molecule has 2 fully saturated rings. The SMILES string of the molecule is NCC1CCCCC1NCCOC1CCCC1. The summed E-state index contributed by atoms with van der Waals surface area (Å²) in [5, 5.41) is 3.64. The van der Waals surface area contributed by atoms with Crippen LogP contribution in [-0.4, -0.2) is 31.8 Å². The third kappa shape index (κ3) is 4.23. The van der Waals surface area contributed by atoms with Crippen molar-refractivity contribution in [2.75, 3.05) is 19.7 Å². The molecule has 0 saturated heterocycles. The van der Waals surface area contributed by atoms with Crippen LogP contribution in [0.2, 0.25) is 0 Å². The fourth-order valence-electron chi connectivity index (χ4n) is 3.28. The third-order valence-corrected chi connectivity index (χ3v) is 4.38. The van der Waals surface area contributed by atoms with Crippen molar-refractivity contribution in [3.8, 4) is 0 Å². The first-order chi connectivity index (χ1) is 8.40. The Bertz CT molecular complexity index is 204. The van der Waals surface area contributed by atoms with E-state index in [1.165, 1.54) is 51.4 Å². The molecular formula is C14H28N2O. The van der Waals surface area contributed by atoms with Crippen LogP contribution in [0.3, 0.4) is 0 Å². The van der Waals surface area contributed by atoms with Crippen LogP contribution in [0, 0.1) is 5.92 Å². The van der Waals surface area contributed by atoms with Crippen LogP contribution in [0.1, 0.15) is 51.4 Å². The van der Waals surface area contributed by atoms with Gasteiger partial charge in [-0.15, -0.1) is 0 Å². The highest BCUT2D eigenvalue weighted by atomic mass is 16.5. The van der Waals surface area contributed by atoms with Crippen LogP contribution in [0.25, 0.3) is 0 Å². The van der Waals surface area contributed by atoms with Crippen molar-refractivity contribution in [2.24, 2.45) is 11.7 Å². The molecular weight excluding hydrogens is 212 g/mol. The summed E-state index contributed by atoms with van der Waals surface area (Å²) in [7, 11) is 0. The summed E-state index contributed by atoms with van der Waals surface area (Å²) in [6, 6.07) is 0.640. The molecule has 2 atom stereocenters. The van der Waals surface area contributed by atoms with Crippen LogP contribution >= 0.6 is 0 Å². The van der Waals surface area contributed by atoms with Crippen molar-refractivity contribution in [1.29, 1.82) is 0 Å². The first kappa shape index (κ1) is 13.3. The molecule has 0 aromatic heterocycles. The summed E-state index contributed by atoms with van der Waals surface area (Å²) < 4.78 is 5.87. The third-order valence-electron chi connectivity index (χ3n) is 4.38. The second-order valence-corrected chi connectivity index (χ2v) is 5.62. The van der Waals surface area contributed by atoms with Gasteiger partial charge in [0.25, 0.3) is 0 Å². The van der Waals surface area contributed by atoms with Gasteiger partial charge in [-0.1, -0.05) is 25.7 Å². The minimum Gasteiger partial charge on any atom is -0.377 e. The first-order valence-electron chi connectivity index (χ1n) is 7.45. The van der Waals surface area contributed by atoms with Gasteiger partial charge in [-0.25, -0.2) is 0 Å². The van der Waals surface area contributed by atoms with Gasteiger partial charge in [-0.2, -0.15) is 0 Å². The minimum absolute atomic E-state index is 0.550. The van der Waals surface area contributed by atoms with E-state index in [0.717, 1.165) is 19.7 Å². The van der Waals surface area contributed by atoms with Gasteiger partial charge in [-0.05, 0) is 38.1 Å². The molecule has 0 radical (unpaired) electrons. The van der Waals surface area contributed by atoms with Crippen LogP contribution < -0.4 is 11.1 Å². The maximum absolute atomic E-state index is 5.87.